The first-order valence-corrected chi connectivity index (χ1v) is 10.0. The Morgan fingerprint density at radius 3 is 2.00 bits per heavy atom. The van der Waals surface area contributed by atoms with Gasteiger partial charge in [-0.2, -0.15) is 8.42 Å². The van der Waals surface area contributed by atoms with Crippen molar-refractivity contribution in [2.24, 2.45) is 0 Å². The molecule has 0 aliphatic carbocycles. The van der Waals surface area contributed by atoms with Gasteiger partial charge in [0.15, 0.2) is 0 Å². The molecule has 2 N–H and O–H groups in total. The molecule has 1 unspecified atom stereocenters. The first-order chi connectivity index (χ1) is 11.2. The lowest BCUT2D eigenvalue weighted by molar-refractivity contribution is -0.151. The Morgan fingerprint density at radius 1 is 0.958 bits per heavy atom. The Kier molecular flexibility index (Phi) is 10.9. The highest BCUT2D eigenvalue weighted by Gasteiger charge is 2.52. The van der Waals surface area contributed by atoms with Crippen LogP contribution in [-0.2, 0) is 24.4 Å². The molecule has 0 amide bonds. The second-order valence-corrected chi connectivity index (χ2v) is 7.78. The maximum atomic E-state index is 12.3. The molecule has 0 aromatic heterocycles. The van der Waals surface area contributed by atoms with E-state index in [1.54, 1.807) is 0 Å². The summed E-state index contributed by atoms with van der Waals surface area (Å²) in [4.78, 5) is 23.4. The lowest BCUT2D eigenvalue weighted by Crippen LogP contribution is -2.49. The van der Waals surface area contributed by atoms with Crippen molar-refractivity contribution in [1.29, 1.82) is 0 Å². The predicted molar refractivity (Wildman–Crippen MR) is 90.4 cm³/mol. The van der Waals surface area contributed by atoms with Gasteiger partial charge in [-0.25, -0.2) is 0 Å². The molecule has 0 radical (unpaired) electrons. The summed E-state index contributed by atoms with van der Waals surface area (Å²) in [5.74, 6) is -2.64. The summed E-state index contributed by atoms with van der Waals surface area (Å²) >= 11 is 0. The van der Waals surface area contributed by atoms with Gasteiger partial charge in [0, 0.05) is 0 Å². The van der Waals surface area contributed by atoms with Crippen LogP contribution in [0.1, 0.15) is 78.1 Å². The Morgan fingerprint density at radius 2 is 1.50 bits per heavy atom. The van der Waals surface area contributed by atoms with Crippen molar-refractivity contribution >= 4 is 22.1 Å². The van der Waals surface area contributed by atoms with Crippen molar-refractivity contribution in [2.45, 2.75) is 82.8 Å². The quantitative estimate of drug-likeness (QED) is 0.275. The number of ether oxygens (including phenoxy) is 1. The standard InChI is InChI=1S/C16H30O7S/c1-3-5-7-8-9-10-11-16(13-14(17)18,24(20,21)22)15(19)23-12-6-4-2/h3-13H2,1-2H3,(H,17,18)(H,20,21,22). The van der Waals surface area contributed by atoms with E-state index in [9.17, 15) is 22.6 Å². The number of carbonyl (C=O) groups is 2. The molecule has 142 valence electrons. The number of hydrogen-bond donors (Lipinski definition) is 2. The minimum Gasteiger partial charge on any atom is -0.481 e. The van der Waals surface area contributed by atoms with Crippen LogP contribution in [0.25, 0.3) is 0 Å². The molecule has 0 saturated carbocycles. The van der Waals surface area contributed by atoms with Gasteiger partial charge in [0.05, 0.1) is 13.0 Å². The lowest BCUT2D eigenvalue weighted by Gasteiger charge is -2.27. The zero-order valence-electron chi connectivity index (χ0n) is 14.6. The normalized spacial score (nSPS) is 14.1. The number of carboxylic acids is 1. The minimum atomic E-state index is -4.91. The van der Waals surface area contributed by atoms with Crippen molar-refractivity contribution in [1.82, 2.24) is 0 Å². The summed E-state index contributed by atoms with van der Waals surface area (Å²) in [6, 6.07) is 0. The first kappa shape index (κ1) is 22.9. The van der Waals surface area contributed by atoms with Crippen LogP contribution in [0.15, 0.2) is 0 Å². The second kappa shape index (κ2) is 11.4. The zero-order chi connectivity index (χ0) is 18.6. The molecular weight excluding hydrogens is 336 g/mol. The van der Waals surface area contributed by atoms with Crippen molar-refractivity contribution < 1.29 is 32.4 Å². The van der Waals surface area contributed by atoms with Crippen molar-refractivity contribution in [2.75, 3.05) is 6.61 Å². The molecule has 24 heavy (non-hydrogen) atoms. The fraction of sp³-hybridized carbons (Fsp3) is 0.875. The van der Waals surface area contributed by atoms with Gasteiger partial charge in [-0.15, -0.1) is 0 Å². The minimum absolute atomic E-state index is 0.00270. The smallest absolute Gasteiger partial charge is 0.330 e. The highest BCUT2D eigenvalue weighted by molar-refractivity contribution is 7.88. The monoisotopic (exact) mass is 366 g/mol. The van der Waals surface area contributed by atoms with Crippen LogP contribution in [-0.4, -0.2) is 41.4 Å². The fourth-order valence-corrected chi connectivity index (χ4v) is 3.44. The van der Waals surface area contributed by atoms with Crippen LogP contribution in [0.4, 0.5) is 0 Å². The van der Waals surface area contributed by atoms with Crippen LogP contribution in [0.5, 0.6) is 0 Å². The molecule has 0 aliphatic rings. The number of hydrogen-bond acceptors (Lipinski definition) is 5. The topological polar surface area (TPSA) is 118 Å². The highest BCUT2D eigenvalue weighted by Crippen LogP contribution is 2.30. The van der Waals surface area contributed by atoms with Crippen molar-refractivity contribution in [3.63, 3.8) is 0 Å². The molecule has 0 saturated heterocycles. The van der Waals surface area contributed by atoms with Gasteiger partial charge in [-0.1, -0.05) is 58.8 Å². The van der Waals surface area contributed by atoms with E-state index in [-0.39, 0.29) is 13.0 Å². The van der Waals surface area contributed by atoms with Gasteiger partial charge in [-0.05, 0) is 12.8 Å². The maximum absolute atomic E-state index is 12.3. The SMILES string of the molecule is CCCCCCCCC(CC(=O)O)(C(=O)OCCCC)S(=O)(=O)O. The summed E-state index contributed by atoms with van der Waals surface area (Å²) in [5.41, 5.74) is 0. The maximum Gasteiger partial charge on any atom is 0.330 e. The van der Waals surface area contributed by atoms with Crippen molar-refractivity contribution in [3.8, 4) is 0 Å². The van der Waals surface area contributed by atoms with Crippen LogP contribution in [0, 0.1) is 0 Å². The molecule has 1 atom stereocenters. The van der Waals surface area contributed by atoms with E-state index >= 15 is 0 Å². The van der Waals surface area contributed by atoms with Gasteiger partial charge in [0.2, 0.25) is 4.75 Å². The summed E-state index contributed by atoms with van der Waals surface area (Å²) in [5, 5.41) is 9.02. The van der Waals surface area contributed by atoms with E-state index in [0.29, 0.717) is 19.3 Å². The van der Waals surface area contributed by atoms with Gasteiger partial charge < -0.3 is 9.84 Å². The lowest BCUT2D eigenvalue weighted by atomic mass is 9.96. The average Bonchev–Trinajstić information content (AvgIpc) is 2.48. The fourth-order valence-electron chi connectivity index (χ4n) is 2.46. The third-order valence-electron chi connectivity index (χ3n) is 3.97. The molecule has 7 nitrogen and oxygen atoms in total. The van der Waals surface area contributed by atoms with Gasteiger partial charge >= 0.3 is 11.9 Å². The first-order valence-electron chi connectivity index (χ1n) is 8.57. The zero-order valence-corrected chi connectivity index (χ0v) is 15.4. The van der Waals surface area contributed by atoms with E-state index in [0.717, 1.165) is 32.1 Å². The molecule has 0 aliphatic heterocycles. The van der Waals surface area contributed by atoms with Gasteiger partial charge in [-0.3, -0.25) is 14.1 Å². The number of esters is 1. The molecule has 0 fully saturated rings. The molecule has 0 spiro atoms. The largest absolute Gasteiger partial charge is 0.481 e. The number of carboxylic acid groups (broad SMARTS) is 1. The van der Waals surface area contributed by atoms with Crippen molar-refractivity contribution in [3.05, 3.63) is 0 Å². The third-order valence-corrected chi connectivity index (χ3v) is 5.47. The third kappa shape index (κ3) is 7.61. The van der Waals surface area contributed by atoms with Gasteiger partial charge in [0.25, 0.3) is 10.1 Å². The predicted octanol–water partition coefficient (Wildman–Crippen LogP) is 3.18. The molecule has 0 heterocycles. The van der Waals surface area contributed by atoms with Gasteiger partial charge in [0.1, 0.15) is 0 Å². The molecule has 0 rings (SSSR count). The van der Waals surface area contributed by atoms with E-state index in [4.69, 9.17) is 9.84 Å². The molecule has 0 aromatic carbocycles. The second-order valence-electron chi connectivity index (χ2n) is 6.05. The van der Waals surface area contributed by atoms with E-state index in [1.807, 2.05) is 6.92 Å². The Hall–Kier alpha value is -1.15. The molecule has 8 heteroatoms. The Bertz CT molecular complexity index is 487. The summed E-state index contributed by atoms with van der Waals surface area (Å²) in [7, 11) is -4.91. The van der Waals surface area contributed by atoms with Crippen LogP contribution >= 0.6 is 0 Å². The molecular formula is C16H30O7S. The number of unbranched alkanes of at least 4 members (excludes halogenated alkanes) is 6. The summed E-state index contributed by atoms with van der Waals surface area (Å²) < 4.78 is 35.7. The van der Waals surface area contributed by atoms with E-state index < -0.39 is 33.2 Å². The summed E-state index contributed by atoms with van der Waals surface area (Å²) in [6.45, 7) is 3.95. The molecule has 0 aromatic rings. The Labute approximate surface area is 144 Å². The Balaban J connectivity index is 5.08. The van der Waals surface area contributed by atoms with E-state index in [1.165, 1.54) is 0 Å². The number of aliphatic carboxylic acids is 1. The molecule has 0 bridgehead atoms. The number of carbonyl (C=O) groups excluding carboxylic acids is 1. The number of rotatable bonds is 14. The average molecular weight is 366 g/mol. The van der Waals surface area contributed by atoms with Crippen LogP contribution < -0.4 is 0 Å². The van der Waals surface area contributed by atoms with Crippen LogP contribution in [0.3, 0.4) is 0 Å². The van der Waals surface area contributed by atoms with Crippen LogP contribution in [0.2, 0.25) is 0 Å². The highest BCUT2D eigenvalue weighted by atomic mass is 32.2. The van der Waals surface area contributed by atoms with E-state index in [2.05, 4.69) is 6.92 Å². The summed E-state index contributed by atoms with van der Waals surface area (Å²) in [6.07, 6.45) is 5.03.